The third-order valence-corrected chi connectivity index (χ3v) is 11.1. The van der Waals surface area contributed by atoms with Crippen molar-refractivity contribution in [3.05, 3.63) is 151 Å². The molecule has 0 saturated carbocycles. The van der Waals surface area contributed by atoms with E-state index in [1.54, 1.807) is 0 Å². The second-order valence-corrected chi connectivity index (χ2v) is 14.1. The van der Waals surface area contributed by atoms with Crippen molar-refractivity contribution in [1.82, 2.24) is 15.0 Å². The Hall–Kier alpha value is -5.67. The van der Waals surface area contributed by atoms with Gasteiger partial charge in [-0.05, 0) is 77.5 Å². The number of rotatable bonds is 3. The third kappa shape index (κ3) is 4.17. The minimum Gasteiger partial charge on any atom is -0.208 e. The minimum atomic E-state index is -0.0897. The van der Waals surface area contributed by atoms with Crippen LogP contribution in [0.1, 0.15) is 38.8 Å². The molecule has 0 fully saturated rings. The van der Waals surface area contributed by atoms with Gasteiger partial charge in [0, 0.05) is 16.7 Å². The lowest BCUT2D eigenvalue weighted by Gasteiger charge is -2.48. The van der Waals surface area contributed by atoms with Gasteiger partial charge >= 0.3 is 0 Å². The molecule has 230 valence electrons. The van der Waals surface area contributed by atoms with Gasteiger partial charge in [-0.1, -0.05) is 155 Å². The summed E-state index contributed by atoms with van der Waals surface area (Å²) in [5.74, 6) is 2.00. The van der Waals surface area contributed by atoms with Crippen LogP contribution < -0.4 is 0 Å². The highest BCUT2D eigenvalue weighted by Crippen LogP contribution is 2.56. The molecule has 0 N–H and O–H groups in total. The molecule has 8 aromatic rings. The van der Waals surface area contributed by atoms with E-state index < -0.39 is 0 Å². The maximum atomic E-state index is 5.25. The van der Waals surface area contributed by atoms with Crippen LogP contribution in [0.15, 0.2) is 140 Å². The number of fused-ring (bicyclic) bond motifs is 8. The van der Waals surface area contributed by atoms with E-state index in [4.69, 9.17) is 15.0 Å². The van der Waals surface area contributed by atoms with Gasteiger partial charge in [0.2, 0.25) is 0 Å². The van der Waals surface area contributed by atoms with E-state index in [1.165, 1.54) is 43.8 Å². The molecule has 1 aliphatic carbocycles. The molecule has 3 nitrogen and oxygen atoms in total. The molecule has 1 aliphatic rings. The number of aromatic nitrogens is 3. The standard InChI is InChI=1S/C45H35N3/c1-44(2)38-21-13-12-20-35(38)40-36-27-37(33-19-11-10-18-32(33)34(36)24-25-39(40)45(44,3)4)43-47-41(29-15-6-5-7-16-29)46-42(48-43)31-23-22-28-14-8-9-17-30(28)26-31/h5-27H,1-4H3. The summed E-state index contributed by atoms with van der Waals surface area (Å²) in [6, 6.07) is 49.8. The van der Waals surface area contributed by atoms with Gasteiger partial charge < -0.3 is 0 Å². The molecule has 0 bridgehead atoms. The first-order valence-corrected chi connectivity index (χ1v) is 16.7. The zero-order valence-electron chi connectivity index (χ0n) is 27.6. The minimum absolute atomic E-state index is 0.0441. The summed E-state index contributed by atoms with van der Waals surface area (Å²) >= 11 is 0. The maximum absolute atomic E-state index is 5.25. The quantitative estimate of drug-likeness (QED) is 0.185. The van der Waals surface area contributed by atoms with E-state index in [1.807, 2.05) is 18.2 Å². The molecule has 1 heterocycles. The summed E-state index contributed by atoms with van der Waals surface area (Å²) in [7, 11) is 0. The molecular weight excluding hydrogens is 583 g/mol. The lowest BCUT2D eigenvalue weighted by molar-refractivity contribution is 0.299. The lowest BCUT2D eigenvalue weighted by atomic mass is 9.55. The molecule has 9 rings (SSSR count). The predicted molar refractivity (Wildman–Crippen MR) is 200 cm³/mol. The Labute approximate surface area is 281 Å². The van der Waals surface area contributed by atoms with Crippen molar-refractivity contribution in [1.29, 1.82) is 0 Å². The molecular formula is C45H35N3. The smallest absolute Gasteiger partial charge is 0.164 e. The van der Waals surface area contributed by atoms with Crippen LogP contribution in [0, 0.1) is 0 Å². The zero-order chi connectivity index (χ0) is 32.6. The van der Waals surface area contributed by atoms with Crippen molar-refractivity contribution < 1.29 is 0 Å². The molecule has 0 spiro atoms. The van der Waals surface area contributed by atoms with Crippen molar-refractivity contribution in [2.75, 3.05) is 0 Å². The summed E-state index contributed by atoms with van der Waals surface area (Å²) in [5.41, 5.74) is 8.18. The van der Waals surface area contributed by atoms with Crippen molar-refractivity contribution in [3.8, 4) is 45.3 Å². The maximum Gasteiger partial charge on any atom is 0.164 e. The van der Waals surface area contributed by atoms with Crippen molar-refractivity contribution in [3.63, 3.8) is 0 Å². The molecule has 0 aliphatic heterocycles. The molecule has 0 unspecified atom stereocenters. The van der Waals surface area contributed by atoms with Crippen LogP contribution in [0.3, 0.4) is 0 Å². The van der Waals surface area contributed by atoms with E-state index in [-0.39, 0.29) is 10.8 Å². The first-order chi connectivity index (χ1) is 23.3. The van der Waals surface area contributed by atoms with Gasteiger partial charge in [0.15, 0.2) is 17.5 Å². The van der Waals surface area contributed by atoms with Crippen LogP contribution in [0.2, 0.25) is 0 Å². The van der Waals surface area contributed by atoms with Gasteiger partial charge in [-0.2, -0.15) is 0 Å². The number of benzene rings is 7. The van der Waals surface area contributed by atoms with Crippen LogP contribution in [0.5, 0.6) is 0 Å². The van der Waals surface area contributed by atoms with Gasteiger partial charge in [0.05, 0.1) is 0 Å². The topological polar surface area (TPSA) is 38.7 Å². The zero-order valence-corrected chi connectivity index (χ0v) is 27.6. The summed E-state index contributed by atoms with van der Waals surface area (Å²) in [4.78, 5) is 15.5. The Bertz CT molecular complexity index is 2560. The Morgan fingerprint density at radius 1 is 0.375 bits per heavy atom. The third-order valence-electron chi connectivity index (χ3n) is 11.1. The Morgan fingerprint density at radius 3 is 1.79 bits per heavy atom. The van der Waals surface area contributed by atoms with Gasteiger partial charge in [0.1, 0.15) is 0 Å². The molecule has 48 heavy (non-hydrogen) atoms. The predicted octanol–water partition coefficient (Wildman–Crippen LogP) is 11.6. The largest absolute Gasteiger partial charge is 0.208 e. The van der Waals surface area contributed by atoms with Crippen LogP contribution in [0.25, 0.3) is 77.6 Å². The van der Waals surface area contributed by atoms with Gasteiger partial charge in [-0.15, -0.1) is 0 Å². The monoisotopic (exact) mass is 617 g/mol. The number of hydrogen-bond acceptors (Lipinski definition) is 3. The summed E-state index contributed by atoms with van der Waals surface area (Å²) in [6.07, 6.45) is 0. The second-order valence-electron chi connectivity index (χ2n) is 14.1. The van der Waals surface area contributed by atoms with E-state index >= 15 is 0 Å². The van der Waals surface area contributed by atoms with Gasteiger partial charge in [-0.25, -0.2) is 15.0 Å². The van der Waals surface area contributed by atoms with Crippen LogP contribution >= 0.6 is 0 Å². The molecule has 1 aromatic heterocycles. The highest BCUT2D eigenvalue weighted by molar-refractivity contribution is 6.17. The van der Waals surface area contributed by atoms with E-state index in [2.05, 4.69) is 149 Å². The fourth-order valence-corrected chi connectivity index (χ4v) is 7.76. The second kappa shape index (κ2) is 10.4. The van der Waals surface area contributed by atoms with Crippen molar-refractivity contribution >= 4 is 32.3 Å². The number of nitrogens with zero attached hydrogens (tertiary/aromatic N) is 3. The first kappa shape index (κ1) is 28.5. The molecule has 0 amide bonds. The normalized spacial score (nSPS) is 14.6. The van der Waals surface area contributed by atoms with E-state index in [9.17, 15) is 0 Å². The van der Waals surface area contributed by atoms with Gasteiger partial charge in [0.25, 0.3) is 0 Å². The Morgan fingerprint density at radius 2 is 0.979 bits per heavy atom. The average molecular weight is 618 g/mol. The van der Waals surface area contributed by atoms with Crippen LogP contribution in [0.4, 0.5) is 0 Å². The highest BCUT2D eigenvalue weighted by Gasteiger charge is 2.46. The molecule has 0 saturated heterocycles. The fourth-order valence-electron chi connectivity index (χ4n) is 7.76. The molecule has 0 atom stereocenters. The Balaban J connectivity index is 1.37. The lowest BCUT2D eigenvalue weighted by Crippen LogP contribution is -2.43. The van der Waals surface area contributed by atoms with Crippen molar-refractivity contribution in [2.45, 2.75) is 38.5 Å². The average Bonchev–Trinajstić information content (AvgIpc) is 3.13. The van der Waals surface area contributed by atoms with Crippen molar-refractivity contribution in [2.24, 2.45) is 0 Å². The SMILES string of the molecule is CC1(C)c2ccccc2-c2c(ccc3c2cc(-c2nc(-c4ccccc4)nc(-c4ccc5ccccc5c4)n2)c2ccccc23)C1(C)C. The number of hydrogen-bond donors (Lipinski definition) is 0. The summed E-state index contributed by atoms with van der Waals surface area (Å²) < 4.78 is 0. The van der Waals surface area contributed by atoms with Crippen LogP contribution in [-0.4, -0.2) is 15.0 Å². The molecule has 0 radical (unpaired) electrons. The first-order valence-electron chi connectivity index (χ1n) is 16.7. The highest BCUT2D eigenvalue weighted by atomic mass is 15.0. The van der Waals surface area contributed by atoms with E-state index in [0.717, 1.165) is 27.5 Å². The van der Waals surface area contributed by atoms with Crippen LogP contribution in [-0.2, 0) is 10.8 Å². The van der Waals surface area contributed by atoms with E-state index in [0.29, 0.717) is 17.5 Å². The van der Waals surface area contributed by atoms with Gasteiger partial charge in [-0.3, -0.25) is 0 Å². The summed E-state index contributed by atoms with van der Waals surface area (Å²) in [6.45, 7) is 9.55. The Kier molecular flexibility index (Phi) is 6.20. The summed E-state index contributed by atoms with van der Waals surface area (Å²) in [5, 5.41) is 7.14. The fraction of sp³-hybridized carbons (Fsp3) is 0.133. The molecule has 3 heteroatoms. The molecule has 7 aromatic carbocycles.